The van der Waals surface area contributed by atoms with Gasteiger partial charge >= 0.3 is 0 Å². The van der Waals surface area contributed by atoms with Crippen molar-refractivity contribution in [3.05, 3.63) is 60.7 Å². The number of nitrogens with zero attached hydrogens (tertiary/aromatic N) is 1. The van der Waals surface area contributed by atoms with Gasteiger partial charge in [0.15, 0.2) is 0 Å². The fourth-order valence-corrected chi connectivity index (χ4v) is 4.83. The average Bonchev–Trinajstić information content (AvgIpc) is 2.85. The SMILES string of the molecule is COc1cccc(OCCN2c3cccc4cccc(c34)S2(=O)=O)c1. The van der Waals surface area contributed by atoms with E-state index in [1.165, 1.54) is 4.31 Å². The first-order valence-electron chi connectivity index (χ1n) is 7.92. The molecule has 0 saturated carbocycles. The molecule has 0 atom stereocenters. The van der Waals surface area contributed by atoms with Gasteiger partial charge in [-0.2, -0.15) is 0 Å². The number of hydrogen-bond donors (Lipinski definition) is 0. The number of ether oxygens (including phenoxy) is 2. The van der Waals surface area contributed by atoms with Crippen LogP contribution in [0.25, 0.3) is 10.8 Å². The quantitative estimate of drug-likeness (QED) is 0.704. The molecule has 6 heteroatoms. The molecule has 3 aromatic rings. The maximum atomic E-state index is 12.9. The molecule has 0 amide bonds. The van der Waals surface area contributed by atoms with E-state index in [0.29, 0.717) is 22.1 Å². The molecule has 4 rings (SSSR count). The Morgan fingerprint density at radius 1 is 0.960 bits per heavy atom. The van der Waals surface area contributed by atoms with Crippen LogP contribution in [0.2, 0.25) is 0 Å². The zero-order valence-electron chi connectivity index (χ0n) is 13.7. The molecular weight excluding hydrogens is 338 g/mol. The average molecular weight is 355 g/mol. The normalized spacial score (nSPS) is 14.7. The molecule has 0 bridgehead atoms. The monoisotopic (exact) mass is 355 g/mol. The molecule has 0 unspecified atom stereocenters. The molecule has 0 saturated heterocycles. The number of benzene rings is 3. The van der Waals surface area contributed by atoms with E-state index in [1.807, 2.05) is 42.5 Å². The molecule has 5 nitrogen and oxygen atoms in total. The summed E-state index contributed by atoms with van der Waals surface area (Å²) in [5, 5.41) is 1.71. The molecule has 0 spiro atoms. The van der Waals surface area contributed by atoms with Crippen LogP contribution in [0.4, 0.5) is 5.69 Å². The number of methoxy groups -OCH3 is 1. The van der Waals surface area contributed by atoms with Crippen molar-refractivity contribution in [1.29, 1.82) is 0 Å². The number of rotatable bonds is 5. The van der Waals surface area contributed by atoms with Gasteiger partial charge in [0.25, 0.3) is 10.0 Å². The Hall–Kier alpha value is -2.73. The first-order valence-corrected chi connectivity index (χ1v) is 9.36. The Morgan fingerprint density at radius 2 is 1.68 bits per heavy atom. The van der Waals surface area contributed by atoms with Crippen LogP contribution in [0.15, 0.2) is 65.6 Å². The van der Waals surface area contributed by atoms with E-state index in [1.54, 1.807) is 25.3 Å². The summed E-state index contributed by atoms with van der Waals surface area (Å²) in [6.45, 7) is 0.490. The summed E-state index contributed by atoms with van der Waals surface area (Å²) < 4.78 is 38.0. The van der Waals surface area contributed by atoms with Crippen LogP contribution in [-0.2, 0) is 10.0 Å². The predicted molar refractivity (Wildman–Crippen MR) is 97.0 cm³/mol. The van der Waals surface area contributed by atoms with E-state index in [9.17, 15) is 8.42 Å². The summed E-state index contributed by atoms with van der Waals surface area (Å²) in [7, 11) is -1.95. The lowest BCUT2D eigenvalue weighted by molar-refractivity contribution is 0.325. The molecule has 1 aliphatic rings. The van der Waals surface area contributed by atoms with Gasteiger partial charge in [-0.05, 0) is 29.7 Å². The minimum Gasteiger partial charge on any atom is -0.497 e. The summed E-state index contributed by atoms with van der Waals surface area (Å²) >= 11 is 0. The molecule has 0 N–H and O–H groups in total. The summed E-state index contributed by atoms with van der Waals surface area (Å²) in [5.41, 5.74) is 0.711. The Morgan fingerprint density at radius 3 is 2.48 bits per heavy atom. The summed E-state index contributed by atoms with van der Waals surface area (Å²) in [6, 6.07) is 18.2. The topological polar surface area (TPSA) is 55.8 Å². The molecule has 1 aliphatic heterocycles. The van der Waals surface area contributed by atoms with Gasteiger partial charge in [0.2, 0.25) is 0 Å². The van der Waals surface area contributed by atoms with Gasteiger partial charge in [-0.3, -0.25) is 4.31 Å². The highest BCUT2D eigenvalue weighted by molar-refractivity contribution is 7.93. The fraction of sp³-hybridized carbons (Fsp3) is 0.158. The van der Waals surface area contributed by atoms with Crippen molar-refractivity contribution in [2.75, 3.05) is 24.6 Å². The lowest BCUT2D eigenvalue weighted by Crippen LogP contribution is -2.31. The zero-order chi connectivity index (χ0) is 17.4. The second-order valence-electron chi connectivity index (χ2n) is 5.74. The lowest BCUT2D eigenvalue weighted by Gasteiger charge is -2.19. The Balaban J connectivity index is 1.58. The van der Waals surface area contributed by atoms with Crippen LogP contribution in [0.1, 0.15) is 0 Å². The molecule has 0 radical (unpaired) electrons. The third kappa shape index (κ3) is 2.59. The van der Waals surface area contributed by atoms with Crippen molar-refractivity contribution >= 4 is 26.5 Å². The zero-order valence-corrected chi connectivity index (χ0v) is 14.5. The first-order chi connectivity index (χ1) is 12.1. The van der Waals surface area contributed by atoms with Crippen LogP contribution in [0.3, 0.4) is 0 Å². The molecule has 128 valence electrons. The minimum atomic E-state index is -3.54. The standard InChI is InChI=1S/C19H17NO4S/c1-23-15-7-4-8-16(13-15)24-12-11-20-17-9-2-5-14-6-3-10-18(19(14)17)25(20,21)22/h2-10,13H,11-12H2,1H3. The highest BCUT2D eigenvalue weighted by Gasteiger charge is 2.35. The highest BCUT2D eigenvalue weighted by atomic mass is 32.2. The van der Waals surface area contributed by atoms with Crippen LogP contribution < -0.4 is 13.8 Å². The fourth-order valence-electron chi connectivity index (χ4n) is 3.14. The van der Waals surface area contributed by atoms with Gasteiger partial charge in [-0.15, -0.1) is 0 Å². The van der Waals surface area contributed by atoms with Gasteiger partial charge in [0.05, 0.1) is 24.2 Å². The summed E-state index contributed by atoms with van der Waals surface area (Å²) in [5.74, 6) is 1.34. The van der Waals surface area contributed by atoms with Crippen LogP contribution >= 0.6 is 0 Å². The van der Waals surface area contributed by atoms with Crippen molar-refractivity contribution < 1.29 is 17.9 Å². The third-order valence-electron chi connectivity index (χ3n) is 4.29. The third-order valence-corrected chi connectivity index (χ3v) is 6.14. The van der Waals surface area contributed by atoms with Gasteiger partial charge in [-0.25, -0.2) is 8.42 Å². The van der Waals surface area contributed by atoms with Crippen LogP contribution in [0, 0.1) is 0 Å². The van der Waals surface area contributed by atoms with Crippen molar-refractivity contribution in [1.82, 2.24) is 0 Å². The summed E-state index contributed by atoms with van der Waals surface area (Å²) in [6.07, 6.45) is 0. The largest absolute Gasteiger partial charge is 0.497 e. The van der Waals surface area contributed by atoms with Crippen LogP contribution in [-0.4, -0.2) is 28.7 Å². The van der Waals surface area contributed by atoms with E-state index in [-0.39, 0.29) is 13.2 Å². The van der Waals surface area contributed by atoms with Gasteiger partial charge in [-0.1, -0.05) is 30.3 Å². The first kappa shape index (κ1) is 15.8. The second-order valence-corrected chi connectivity index (χ2v) is 7.57. The van der Waals surface area contributed by atoms with Crippen molar-refractivity contribution in [3.63, 3.8) is 0 Å². The molecule has 1 heterocycles. The van der Waals surface area contributed by atoms with Crippen molar-refractivity contribution in [2.45, 2.75) is 4.90 Å². The van der Waals surface area contributed by atoms with Crippen molar-refractivity contribution in [2.24, 2.45) is 0 Å². The molecule has 25 heavy (non-hydrogen) atoms. The van der Waals surface area contributed by atoms with Gasteiger partial charge in [0, 0.05) is 11.5 Å². The molecule has 0 fully saturated rings. The lowest BCUT2D eigenvalue weighted by atomic mass is 10.1. The predicted octanol–water partition coefficient (Wildman–Crippen LogP) is 3.44. The Labute approximate surface area is 146 Å². The van der Waals surface area contributed by atoms with E-state index >= 15 is 0 Å². The van der Waals surface area contributed by atoms with E-state index in [0.717, 1.165) is 10.8 Å². The molecule has 3 aromatic carbocycles. The second kappa shape index (κ2) is 5.97. The Bertz CT molecular complexity index is 1040. The molecular formula is C19H17NO4S. The number of anilines is 1. The Kier molecular flexibility index (Phi) is 3.77. The van der Waals surface area contributed by atoms with Crippen molar-refractivity contribution in [3.8, 4) is 11.5 Å². The maximum Gasteiger partial charge on any atom is 0.265 e. The molecule has 0 aromatic heterocycles. The smallest absolute Gasteiger partial charge is 0.265 e. The van der Waals surface area contributed by atoms with Crippen LogP contribution in [0.5, 0.6) is 11.5 Å². The number of sulfonamides is 1. The van der Waals surface area contributed by atoms with E-state index in [4.69, 9.17) is 9.47 Å². The maximum absolute atomic E-state index is 12.9. The summed E-state index contributed by atoms with van der Waals surface area (Å²) in [4.78, 5) is 0.363. The van der Waals surface area contributed by atoms with Gasteiger partial charge < -0.3 is 9.47 Å². The van der Waals surface area contributed by atoms with E-state index < -0.39 is 10.0 Å². The number of hydrogen-bond acceptors (Lipinski definition) is 4. The highest BCUT2D eigenvalue weighted by Crippen LogP contribution is 2.41. The van der Waals surface area contributed by atoms with Gasteiger partial charge in [0.1, 0.15) is 18.1 Å². The minimum absolute atomic E-state index is 0.243. The van der Waals surface area contributed by atoms with E-state index in [2.05, 4.69) is 0 Å². The molecule has 0 aliphatic carbocycles.